The van der Waals surface area contributed by atoms with E-state index in [0.717, 1.165) is 51.0 Å². The summed E-state index contributed by atoms with van der Waals surface area (Å²) >= 11 is 7.48. The second kappa shape index (κ2) is 21.8. The number of fused-ring (bicyclic) bond motifs is 22. The van der Waals surface area contributed by atoms with Gasteiger partial charge in [-0.1, -0.05) is 188 Å². The number of hydrogen-bond donors (Lipinski definition) is 0. The molecule has 0 N–H and O–H groups in total. The van der Waals surface area contributed by atoms with E-state index in [4.69, 9.17) is 0 Å². The number of anilines is 6. The minimum Gasteiger partial charge on any atom is -0.310 e. The summed E-state index contributed by atoms with van der Waals surface area (Å²) in [5.74, 6) is 0. The van der Waals surface area contributed by atoms with Crippen LogP contribution in [0.1, 0.15) is 0 Å². The summed E-state index contributed by atoms with van der Waals surface area (Å²) in [5.41, 5.74) is 16.1. The van der Waals surface area contributed by atoms with E-state index in [1.54, 1.807) is 0 Å². The van der Waals surface area contributed by atoms with E-state index >= 15 is 0 Å². The molecule has 0 aliphatic heterocycles. The first-order chi connectivity index (χ1) is 49.5. The van der Waals surface area contributed by atoms with Gasteiger partial charge >= 0.3 is 0 Å². The Balaban J connectivity index is 0.655. The fourth-order valence-electron chi connectivity index (χ4n) is 16.3. The summed E-state index contributed by atoms with van der Waals surface area (Å²) in [4.78, 5) is 4.95. The third kappa shape index (κ3) is 8.55. The Kier molecular flexibility index (Phi) is 12.3. The first kappa shape index (κ1) is 56.2. The molecule has 0 fully saturated rings. The van der Waals surface area contributed by atoms with Crippen LogP contribution < -0.4 is 9.80 Å². The number of thiophene rings is 4. The minimum atomic E-state index is 1.11. The average Bonchev–Trinajstić information content (AvgIpc) is 1.57. The van der Waals surface area contributed by atoms with Crippen molar-refractivity contribution in [1.82, 2.24) is 9.13 Å². The SMILES string of the molecule is c1ccc(-n2c3ccc(N(c4ccc5c(c4)sc4ccccc45)c4ccc5c(c4)sc4cc(-c6ccc(-n7c8ccc(N(c9ccc%10c(c9)sc9ccccc9%10)c9ccc%10c(c9)sc9ccccc9%10)cc8c8ccc9ccccc9c87)cc6)ccc45)cc3c3c4ccccc4ccc32)cc1. The maximum absolute atomic E-state index is 2.50. The predicted octanol–water partition coefficient (Wildman–Crippen LogP) is 28.3. The van der Waals surface area contributed by atoms with Gasteiger partial charge in [0.2, 0.25) is 0 Å². The first-order valence-electron chi connectivity index (χ1n) is 33.9. The van der Waals surface area contributed by atoms with Crippen molar-refractivity contribution < 1.29 is 0 Å². The average molecular weight is 1340 g/mol. The van der Waals surface area contributed by atoms with E-state index in [0.29, 0.717) is 0 Å². The summed E-state index contributed by atoms with van der Waals surface area (Å²) in [7, 11) is 0. The van der Waals surface area contributed by atoms with Gasteiger partial charge in [0, 0.05) is 153 Å². The van der Waals surface area contributed by atoms with Crippen molar-refractivity contribution in [2.75, 3.05) is 9.80 Å². The summed E-state index contributed by atoms with van der Waals surface area (Å²) in [6.45, 7) is 0. The smallest absolute Gasteiger partial charge is 0.0619 e. The minimum absolute atomic E-state index is 1.11. The molecule has 8 heteroatoms. The fourth-order valence-corrected chi connectivity index (χ4v) is 20.9. The Hall–Kier alpha value is -11.9. The molecule has 0 aliphatic rings. The molecular weight excluding hydrogens is 1290 g/mol. The second-order valence-corrected chi connectivity index (χ2v) is 30.7. The van der Waals surface area contributed by atoms with Crippen LogP contribution in [-0.2, 0) is 0 Å². The Labute approximate surface area is 589 Å². The maximum atomic E-state index is 2.50. The van der Waals surface area contributed by atoms with E-state index in [1.807, 2.05) is 45.3 Å². The first-order valence-corrected chi connectivity index (χ1v) is 37.2. The molecule has 6 aromatic heterocycles. The number of para-hydroxylation sites is 1. The number of rotatable bonds is 9. The Bertz CT molecular complexity index is 7070. The lowest BCUT2D eigenvalue weighted by Gasteiger charge is -2.26. The standard InChI is InChI=1S/C92H54N4S4/c1-2-16-59(17-3-1)95-81-47-38-62(50-79(81)91-67-18-6-4-14-56(67)30-45-82(91)95)94(65-35-43-75-71-22-10-13-25-85(71)99-89(75)53-65)66-36-44-76-72-39-29-58(48-86(72)100-90(76)54-66)55-26-31-60(32-27-55)96-80-46-37-61(49-78(80)77-40-28-57-15-5-7-19-68(57)92(77)96)93(63-33-41-73-69-20-8-11-23-83(69)97-87(73)51-63)64-34-42-74-70-21-9-12-24-84(70)98-88(74)52-64/h1-54H. The van der Waals surface area contributed by atoms with Gasteiger partial charge in [-0.15, -0.1) is 45.3 Å². The molecule has 0 saturated carbocycles. The highest BCUT2D eigenvalue weighted by Crippen LogP contribution is 2.50. The van der Waals surface area contributed by atoms with Gasteiger partial charge in [-0.25, -0.2) is 0 Å². The summed E-state index contributed by atoms with van der Waals surface area (Å²) < 4.78 is 15.2. The molecule has 22 rings (SSSR count). The summed E-state index contributed by atoms with van der Waals surface area (Å²) in [6.07, 6.45) is 0. The van der Waals surface area contributed by atoms with Crippen LogP contribution >= 0.6 is 45.3 Å². The lowest BCUT2D eigenvalue weighted by Crippen LogP contribution is -2.09. The molecule has 0 radical (unpaired) electrons. The molecule has 6 heterocycles. The van der Waals surface area contributed by atoms with E-state index in [9.17, 15) is 0 Å². The Morgan fingerprint density at radius 2 is 0.560 bits per heavy atom. The summed E-state index contributed by atoms with van der Waals surface area (Å²) in [6, 6.07) is 123. The van der Waals surface area contributed by atoms with Crippen LogP contribution in [0.3, 0.4) is 0 Å². The zero-order valence-corrected chi connectivity index (χ0v) is 56.9. The van der Waals surface area contributed by atoms with Crippen LogP contribution in [0.25, 0.3) is 168 Å². The van der Waals surface area contributed by atoms with Crippen molar-refractivity contribution in [2.45, 2.75) is 0 Å². The highest BCUT2D eigenvalue weighted by atomic mass is 32.1. The zero-order valence-electron chi connectivity index (χ0n) is 53.6. The molecule has 0 bridgehead atoms. The van der Waals surface area contributed by atoms with Gasteiger partial charge in [-0.3, -0.25) is 0 Å². The van der Waals surface area contributed by atoms with E-state index in [1.165, 1.54) is 151 Å². The molecule has 100 heavy (non-hydrogen) atoms. The van der Waals surface area contributed by atoms with Gasteiger partial charge in [0.15, 0.2) is 0 Å². The predicted molar refractivity (Wildman–Crippen MR) is 436 cm³/mol. The third-order valence-electron chi connectivity index (χ3n) is 20.8. The van der Waals surface area contributed by atoms with Crippen molar-refractivity contribution >= 4 is 225 Å². The molecule has 0 unspecified atom stereocenters. The maximum Gasteiger partial charge on any atom is 0.0619 e. The topological polar surface area (TPSA) is 16.3 Å². The Morgan fingerprint density at radius 1 is 0.200 bits per heavy atom. The lowest BCUT2D eigenvalue weighted by atomic mass is 10.0. The van der Waals surface area contributed by atoms with Crippen molar-refractivity contribution in [2.24, 2.45) is 0 Å². The van der Waals surface area contributed by atoms with Crippen molar-refractivity contribution in [3.05, 3.63) is 328 Å². The molecule has 466 valence electrons. The Morgan fingerprint density at radius 3 is 1.11 bits per heavy atom. The van der Waals surface area contributed by atoms with Crippen LogP contribution in [0.2, 0.25) is 0 Å². The third-order valence-corrected chi connectivity index (χ3v) is 25.4. The van der Waals surface area contributed by atoms with Gasteiger partial charge in [0.05, 0.1) is 22.1 Å². The van der Waals surface area contributed by atoms with Gasteiger partial charge in [0.1, 0.15) is 0 Å². The van der Waals surface area contributed by atoms with E-state index in [-0.39, 0.29) is 0 Å². The molecule has 22 aromatic rings. The molecule has 4 nitrogen and oxygen atoms in total. The van der Waals surface area contributed by atoms with Crippen LogP contribution in [-0.4, -0.2) is 9.13 Å². The highest BCUT2D eigenvalue weighted by molar-refractivity contribution is 7.27. The zero-order chi connectivity index (χ0) is 65.3. The van der Waals surface area contributed by atoms with E-state index in [2.05, 4.69) is 347 Å². The van der Waals surface area contributed by atoms with Gasteiger partial charge in [-0.05, 0) is 167 Å². The van der Waals surface area contributed by atoms with Crippen molar-refractivity contribution in [3.8, 4) is 22.5 Å². The molecular formula is C92H54N4S4. The molecule has 0 atom stereocenters. The van der Waals surface area contributed by atoms with Crippen LogP contribution in [0.4, 0.5) is 34.1 Å². The number of aromatic nitrogens is 2. The molecule has 0 saturated heterocycles. The molecule has 0 aliphatic carbocycles. The summed E-state index contributed by atoms with van der Waals surface area (Å²) in [5, 5.41) is 20.2. The molecule has 0 amide bonds. The fraction of sp³-hybridized carbons (Fsp3) is 0. The van der Waals surface area contributed by atoms with Crippen LogP contribution in [0, 0.1) is 0 Å². The van der Waals surface area contributed by atoms with Gasteiger partial charge in [-0.2, -0.15) is 0 Å². The van der Waals surface area contributed by atoms with Gasteiger partial charge < -0.3 is 18.9 Å². The lowest BCUT2D eigenvalue weighted by molar-refractivity contribution is 1.18. The number of benzene rings is 16. The van der Waals surface area contributed by atoms with Crippen LogP contribution in [0.5, 0.6) is 0 Å². The normalized spacial score (nSPS) is 12.2. The quantitative estimate of drug-likeness (QED) is 0.143. The molecule has 0 spiro atoms. The molecule has 16 aromatic carbocycles. The number of nitrogens with zero attached hydrogens (tertiary/aromatic N) is 4. The van der Waals surface area contributed by atoms with Crippen molar-refractivity contribution in [3.63, 3.8) is 0 Å². The van der Waals surface area contributed by atoms with E-state index < -0.39 is 0 Å². The van der Waals surface area contributed by atoms with Crippen molar-refractivity contribution in [1.29, 1.82) is 0 Å². The second-order valence-electron chi connectivity index (χ2n) is 26.3. The number of hydrogen-bond acceptors (Lipinski definition) is 6. The van der Waals surface area contributed by atoms with Crippen LogP contribution in [0.15, 0.2) is 328 Å². The largest absolute Gasteiger partial charge is 0.310 e. The van der Waals surface area contributed by atoms with Gasteiger partial charge in [0.25, 0.3) is 0 Å². The highest BCUT2D eigenvalue weighted by Gasteiger charge is 2.24. The monoisotopic (exact) mass is 1340 g/mol.